The number of nitrogens with zero attached hydrogens (tertiary/aromatic N) is 4. The molecule has 9 nitrogen and oxygen atoms in total. The molecule has 23 heavy (non-hydrogen) atoms. The Morgan fingerprint density at radius 2 is 2.48 bits per heavy atom. The van der Waals surface area contributed by atoms with E-state index < -0.39 is 26.2 Å². The fourth-order valence-electron chi connectivity index (χ4n) is 2.47. The summed E-state index contributed by atoms with van der Waals surface area (Å²) in [6.07, 6.45) is 6.17. The highest BCUT2D eigenvalue weighted by Gasteiger charge is 2.43. The summed E-state index contributed by atoms with van der Waals surface area (Å²) in [7, 11) is -2.78. The number of hydrogen-bond acceptors (Lipinski definition) is 7. The average molecular weight is 340 g/mol. The van der Waals surface area contributed by atoms with E-state index in [4.69, 9.17) is 21.8 Å². The van der Waals surface area contributed by atoms with Crippen LogP contribution in [0.3, 0.4) is 0 Å². The molecule has 0 bridgehead atoms. The summed E-state index contributed by atoms with van der Waals surface area (Å²) in [5.74, 6) is 2.37. The molecular weight excluding hydrogens is 328 g/mol. The molecule has 1 saturated heterocycles. The van der Waals surface area contributed by atoms with Gasteiger partial charge in [-0.2, -0.15) is 14.4 Å². The lowest BCUT2D eigenvalue weighted by molar-refractivity contribution is -0.0570. The number of nitrogen functional groups attached to an aromatic ring is 1. The first-order valence-corrected chi connectivity index (χ1v) is 7.67. The third-order valence-corrected chi connectivity index (χ3v) is 3.91. The van der Waals surface area contributed by atoms with E-state index in [1.165, 1.54) is 10.9 Å². The highest BCUT2D eigenvalue weighted by Crippen LogP contribution is 2.39. The molecule has 0 saturated carbocycles. The number of nitrogens with two attached hydrogens (primary N) is 1. The second-order valence-corrected chi connectivity index (χ2v) is 5.70. The van der Waals surface area contributed by atoms with Gasteiger partial charge in [0.15, 0.2) is 22.6 Å². The summed E-state index contributed by atoms with van der Waals surface area (Å²) < 4.78 is 36.0. The van der Waals surface area contributed by atoms with Gasteiger partial charge < -0.3 is 10.5 Å². The van der Waals surface area contributed by atoms with Crippen molar-refractivity contribution >= 4 is 25.2 Å². The summed E-state index contributed by atoms with van der Waals surface area (Å²) in [4.78, 5) is 19.9. The lowest BCUT2D eigenvalue weighted by atomic mass is 10.0. The van der Waals surface area contributed by atoms with Crippen LogP contribution in [0.1, 0.15) is 19.1 Å². The van der Waals surface area contributed by atoms with Crippen LogP contribution in [0.5, 0.6) is 0 Å². The van der Waals surface area contributed by atoms with Gasteiger partial charge in [0.25, 0.3) is 0 Å². The van der Waals surface area contributed by atoms with Gasteiger partial charge in [-0.1, -0.05) is 5.92 Å². The number of hydrogen-bond donors (Lipinski definition) is 2. The lowest BCUT2D eigenvalue weighted by Gasteiger charge is -2.21. The zero-order valence-electron chi connectivity index (χ0n) is 11.7. The first-order valence-electron chi connectivity index (χ1n) is 6.54. The monoisotopic (exact) mass is 340 g/mol. The fourth-order valence-corrected chi connectivity index (χ4v) is 2.78. The number of terminal acetylenes is 1. The summed E-state index contributed by atoms with van der Waals surface area (Å²) in [6.45, 7) is -0.232. The van der Waals surface area contributed by atoms with Crippen LogP contribution in [0, 0.1) is 18.4 Å². The molecule has 11 heteroatoms. The van der Waals surface area contributed by atoms with Gasteiger partial charge in [0.2, 0.25) is 0 Å². The van der Waals surface area contributed by atoms with Crippen molar-refractivity contribution in [3.63, 3.8) is 0 Å². The van der Waals surface area contributed by atoms with Gasteiger partial charge in [-0.3, -0.25) is 4.57 Å². The van der Waals surface area contributed by atoms with Crippen LogP contribution in [-0.4, -0.2) is 36.6 Å². The van der Waals surface area contributed by atoms with E-state index in [9.17, 15) is 8.96 Å². The molecule has 0 aromatic carbocycles. The van der Waals surface area contributed by atoms with Crippen molar-refractivity contribution in [1.82, 2.24) is 19.5 Å². The molecule has 3 heterocycles. The molecule has 1 unspecified atom stereocenters. The Hall–Kier alpha value is -2.18. The second kappa shape index (κ2) is 5.79. The summed E-state index contributed by atoms with van der Waals surface area (Å²) in [5, 5.41) is 0. The largest absolute Gasteiger partial charge is 0.694 e. The van der Waals surface area contributed by atoms with Crippen molar-refractivity contribution < 1.29 is 23.1 Å². The van der Waals surface area contributed by atoms with Crippen LogP contribution < -0.4 is 5.73 Å². The minimum absolute atomic E-state index is 0.0759. The third-order valence-electron chi connectivity index (χ3n) is 3.56. The quantitative estimate of drug-likeness (QED) is 0.478. The average Bonchev–Trinajstić information content (AvgIpc) is 3.09. The van der Waals surface area contributed by atoms with E-state index in [0.717, 1.165) is 0 Å². The van der Waals surface area contributed by atoms with Crippen molar-refractivity contribution in [2.24, 2.45) is 0 Å². The Labute approximate surface area is 130 Å². The van der Waals surface area contributed by atoms with Gasteiger partial charge in [0.05, 0.1) is 6.33 Å². The van der Waals surface area contributed by atoms with Gasteiger partial charge in [0, 0.05) is 4.57 Å². The van der Waals surface area contributed by atoms with E-state index in [0.29, 0.717) is 12.8 Å². The molecule has 1 aliphatic heterocycles. The molecule has 0 spiro atoms. The molecule has 0 aliphatic carbocycles. The van der Waals surface area contributed by atoms with Gasteiger partial charge in [-0.05, 0) is 12.8 Å². The highest BCUT2D eigenvalue weighted by atomic mass is 31.1. The molecule has 2 aromatic rings. The molecule has 2 aromatic heterocycles. The van der Waals surface area contributed by atoms with Gasteiger partial charge in [0.1, 0.15) is 12.8 Å². The van der Waals surface area contributed by atoms with Crippen molar-refractivity contribution in [2.75, 3.05) is 12.3 Å². The number of imidazole rings is 1. The number of aromatic nitrogens is 4. The maximum atomic E-state index is 13.4. The highest BCUT2D eigenvalue weighted by molar-refractivity contribution is 7.32. The Morgan fingerprint density at radius 1 is 1.70 bits per heavy atom. The van der Waals surface area contributed by atoms with Crippen molar-refractivity contribution in [3.8, 4) is 12.3 Å². The minimum atomic E-state index is -2.78. The van der Waals surface area contributed by atoms with Gasteiger partial charge in [-0.15, -0.1) is 15.8 Å². The molecule has 1 fully saturated rings. The molecule has 1 aliphatic rings. The van der Waals surface area contributed by atoms with Crippen molar-refractivity contribution in [2.45, 2.75) is 24.7 Å². The molecule has 3 N–H and O–H groups in total. The van der Waals surface area contributed by atoms with Gasteiger partial charge in [-0.25, -0.2) is 4.98 Å². The second-order valence-electron chi connectivity index (χ2n) is 4.96. The molecule has 0 amide bonds. The van der Waals surface area contributed by atoms with Gasteiger partial charge >= 0.3 is 14.3 Å². The molecular formula is C12H12FN5O4P+. The van der Waals surface area contributed by atoms with Crippen molar-refractivity contribution in [3.05, 3.63) is 12.4 Å². The molecule has 3 rings (SSSR count). The number of halogens is 1. The summed E-state index contributed by atoms with van der Waals surface area (Å²) in [5.41, 5.74) is 4.90. The van der Waals surface area contributed by atoms with Crippen LogP contribution in [0.15, 0.2) is 6.33 Å². The minimum Gasteiger partial charge on any atom is -0.382 e. The summed E-state index contributed by atoms with van der Waals surface area (Å²) in [6, 6.07) is 0. The normalized spacial score (nSPS) is 24.7. The van der Waals surface area contributed by atoms with E-state index in [1.54, 1.807) is 0 Å². The number of rotatable bonds is 4. The van der Waals surface area contributed by atoms with Crippen LogP contribution in [-0.2, 0) is 13.8 Å². The topological polar surface area (TPSA) is 125 Å². The van der Waals surface area contributed by atoms with E-state index in [1.807, 2.05) is 0 Å². The Balaban J connectivity index is 1.90. The summed E-state index contributed by atoms with van der Waals surface area (Å²) >= 11 is 0. The molecule has 0 radical (unpaired) electrons. The Morgan fingerprint density at radius 3 is 3.17 bits per heavy atom. The van der Waals surface area contributed by atoms with Crippen molar-refractivity contribution in [1.29, 1.82) is 0 Å². The molecule has 120 valence electrons. The van der Waals surface area contributed by atoms with Crippen LogP contribution in [0.4, 0.5) is 10.2 Å². The Kier molecular flexibility index (Phi) is 3.95. The van der Waals surface area contributed by atoms with Crippen LogP contribution in [0.2, 0.25) is 0 Å². The van der Waals surface area contributed by atoms with Crippen LogP contribution in [0.25, 0.3) is 11.2 Å². The predicted octanol–water partition coefficient (Wildman–Crippen LogP) is 0.895. The maximum Gasteiger partial charge on any atom is 0.694 e. The van der Waals surface area contributed by atoms with E-state index in [2.05, 4.69) is 25.4 Å². The first kappa shape index (κ1) is 15.7. The first-order chi connectivity index (χ1) is 10.9. The zero-order valence-corrected chi connectivity index (χ0v) is 12.6. The number of ether oxygens (including phenoxy) is 1. The maximum absolute atomic E-state index is 13.4. The zero-order chi connectivity index (χ0) is 16.6. The number of fused-ring (bicyclic) bond motifs is 1. The molecule has 3 atom stereocenters. The van der Waals surface area contributed by atoms with E-state index >= 15 is 0 Å². The SMILES string of the molecule is C#C[C@@]1(CO[P+](=O)O)CC[C@H](n2cnc3c(N)nc(F)nc32)O1. The fraction of sp³-hybridized carbons (Fsp3) is 0.417. The predicted molar refractivity (Wildman–Crippen MR) is 76.4 cm³/mol. The Bertz CT molecular complexity index is 822. The standard InChI is InChI=1S/C12H11FN5O4P/c1-2-12(5-21-23(19)20)4-3-7(22-12)18-6-15-8-9(14)16-11(13)17-10(8)18/h1,6-7H,3-5H2,(H2-,14,16,17,19,20)/p+1/t7-,12+/m1/s1. The van der Waals surface area contributed by atoms with Crippen LogP contribution >= 0.6 is 8.25 Å². The number of anilines is 1. The van der Waals surface area contributed by atoms with E-state index in [-0.39, 0.29) is 23.6 Å². The third kappa shape index (κ3) is 2.87. The lowest BCUT2D eigenvalue weighted by Crippen LogP contribution is -2.31. The smallest absolute Gasteiger partial charge is 0.382 e.